The van der Waals surface area contributed by atoms with E-state index in [-0.39, 0.29) is 18.5 Å². The molecule has 112 valence electrons. The topological polar surface area (TPSA) is 77.4 Å². The minimum atomic E-state index is -0.274. The number of nitrogens with zero attached hydrogens (tertiary/aromatic N) is 2. The van der Waals surface area contributed by atoms with E-state index in [2.05, 4.69) is 16.7 Å². The monoisotopic (exact) mass is 308 g/mol. The van der Waals surface area contributed by atoms with Crippen molar-refractivity contribution in [3.05, 3.63) is 23.2 Å². The van der Waals surface area contributed by atoms with Gasteiger partial charge in [-0.3, -0.25) is 9.69 Å². The minimum absolute atomic E-state index is 0.168. The van der Waals surface area contributed by atoms with Crippen LogP contribution in [0.25, 0.3) is 0 Å². The van der Waals surface area contributed by atoms with Crippen molar-refractivity contribution in [2.75, 3.05) is 38.6 Å². The molecular formula is C14H17ClN4O2. The molecule has 1 heterocycles. The highest BCUT2D eigenvalue weighted by atomic mass is 35.5. The zero-order valence-electron chi connectivity index (χ0n) is 11.7. The second-order valence-electron chi connectivity index (χ2n) is 4.72. The van der Waals surface area contributed by atoms with E-state index in [0.29, 0.717) is 29.5 Å². The smallest absolute Gasteiger partial charge is 0.238 e. The Bertz CT molecular complexity index is 558. The normalized spacial score (nSPS) is 18.8. The summed E-state index contributed by atoms with van der Waals surface area (Å²) in [6, 6.07) is 6.98. The first-order chi connectivity index (χ1) is 10.1. The molecule has 0 spiro atoms. The maximum Gasteiger partial charge on any atom is 0.238 e. The lowest BCUT2D eigenvalue weighted by Gasteiger charge is -2.31. The van der Waals surface area contributed by atoms with E-state index in [1.165, 1.54) is 7.11 Å². The van der Waals surface area contributed by atoms with Crippen molar-refractivity contribution >= 4 is 23.2 Å². The van der Waals surface area contributed by atoms with Gasteiger partial charge in [0.15, 0.2) is 0 Å². The molecule has 21 heavy (non-hydrogen) atoms. The molecule has 0 saturated carbocycles. The zero-order chi connectivity index (χ0) is 15.2. The van der Waals surface area contributed by atoms with E-state index < -0.39 is 0 Å². The van der Waals surface area contributed by atoms with E-state index in [1.807, 2.05) is 4.90 Å². The summed E-state index contributed by atoms with van der Waals surface area (Å²) in [5, 5.41) is 15.4. The van der Waals surface area contributed by atoms with E-state index in [4.69, 9.17) is 21.6 Å². The Hall–Kier alpha value is -1.81. The molecule has 1 unspecified atom stereocenters. The van der Waals surface area contributed by atoms with Crippen molar-refractivity contribution in [1.29, 1.82) is 5.26 Å². The quantitative estimate of drug-likeness (QED) is 0.870. The van der Waals surface area contributed by atoms with Gasteiger partial charge in [-0.2, -0.15) is 5.26 Å². The largest absolute Gasteiger partial charge is 0.495 e. The molecule has 1 aromatic rings. The van der Waals surface area contributed by atoms with Crippen molar-refractivity contribution < 1.29 is 9.53 Å². The number of rotatable bonds is 4. The number of hydrogen-bond donors (Lipinski definition) is 2. The number of carbonyl (C=O) groups excluding carboxylic acids is 1. The van der Waals surface area contributed by atoms with Crippen LogP contribution in [0.3, 0.4) is 0 Å². The van der Waals surface area contributed by atoms with E-state index in [9.17, 15) is 4.79 Å². The summed E-state index contributed by atoms with van der Waals surface area (Å²) >= 11 is 6.01. The molecule has 0 radical (unpaired) electrons. The number of ether oxygens (including phenoxy) is 1. The number of piperazine rings is 1. The van der Waals surface area contributed by atoms with Crippen LogP contribution >= 0.6 is 11.6 Å². The van der Waals surface area contributed by atoms with Crippen molar-refractivity contribution in [3.63, 3.8) is 0 Å². The molecule has 7 heteroatoms. The number of anilines is 1. The lowest BCUT2D eigenvalue weighted by Crippen LogP contribution is -2.52. The van der Waals surface area contributed by atoms with Crippen LogP contribution in [0, 0.1) is 11.3 Å². The lowest BCUT2D eigenvalue weighted by molar-refractivity contribution is -0.117. The Morgan fingerprint density at radius 3 is 3.14 bits per heavy atom. The van der Waals surface area contributed by atoms with Gasteiger partial charge in [-0.05, 0) is 18.2 Å². The van der Waals surface area contributed by atoms with Gasteiger partial charge >= 0.3 is 0 Å². The molecule has 6 nitrogen and oxygen atoms in total. The van der Waals surface area contributed by atoms with Crippen LogP contribution in [0.2, 0.25) is 5.02 Å². The van der Waals surface area contributed by atoms with Crippen molar-refractivity contribution in [2.24, 2.45) is 0 Å². The predicted molar refractivity (Wildman–Crippen MR) is 80.5 cm³/mol. The second kappa shape index (κ2) is 7.27. The van der Waals surface area contributed by atoms with Crippen LogP contribution in [-0.4, -0.2) is 50.1 Å². The van der Waals surface area contributed by atoms with Crippen LogP contribution in [0.4, 0.5) is 5.69 Å². The average Bonchev–Trinajstić information content (AvgIpc) is 2.48. The van der Waals surface area contributed by atoms with Gasteiger partial charge in [-0.1, -0.05) is 11.6 Å². The molecule has 0 aromatic heterocycles. The van der Waals surface area contributed by atoms with Crippen molar-refractivity contribution in [3.8, 4) is 11.8 Å². The van der Waals surface area contributed by atoms with Gasteiger partial charge in [-0.25, -0.2) is 0 Å². The minimum Gasteiger partial charge on any atom is -0.495 e. The van der Waals surface area contributed by atoms with Crippen LogP contribution in [0.15, 0.2) is 18.2 Å². The van der Waals surface area contributed by atoms with Gasteiger partial charge < -0.3 is 15.4 Å². The molecule has 1 aliphatic heterocycles. The predicted octanol–water partition coefficient (Wildman–Crippen LogP) is 1.08. The molecule has 1 aliphatic rings. The Kier molecular flexibility index (Phi) is 5.39. The highest BCUT2D eigenvalue weighted by molar-refractivity contribution is 6.32. The number of nitrogens with one attached hydrogen (secondary N) is 2. The van der Waals surface area contributed by atoms with Crippen LogP contribution in [0.5, 0.6) is 5.75 Å². The SMILES string of the molecule is COc1ccc(NC(=O)CN2CCNCC2C#N)cc1Cl. The van der Waals surface area contributed by atoms with Crippen LogP contribution in [-0.2, 0) is 4.79 Å². The number of methoxy groups -OCH3 is 1. The molecule has 0 aliphatic carbocycles. The summed E-state index contributed by atoms with van der Waals surface area (Å²) < 4.78 is 5.06. The Morgan fingerprint density at radius 1 is 1.67 bits per heavy atom. The number of halogens is 1. The van der Waals surface area contributed by atoms with Gasteiger partial charge in [0.1, 0.15) is 11.8 Å². The molecule has 1 aromatic carbocycles. The van der Waals surface area contributed by atoms with E-state index >= 15 is 0 Å². The molecule has 1 atom stereocenters. The Morgan fingerprint density at radius 2 is 2.48 bits per heavy atom. The average molecular weight is 309 g/mol. The van der Waals surface area contributed by atoms with Gasteiger partial charge in [0.25, 0.3) is 0 Å². The fraction of sp³-hybridized carbons (Fsp3) is 0.429. The first kappa shape index (κ1) is 15.6. The summed E-state index contributed by atoms with van der Waals surface area (Å²) in [7, 11) is 1.53. The maximum atomic E-state index is 12.1. The number of hydrogen-bond acceptors (Lipinski definition) is 5. The lowest BCUT2D eigenvalue weighted by atomic mass is 10.2. The number of benzene rings is 1. The third kappa shape index (κ3) is 4.08. The standard InChI is InChI=1S/C14H17ClN4O2/c1-21-13-3-2-10(6-12(13)15)18-14(20)9-19-5-4-17-8-11(19)7-16/h2-3,6,11,17H,4-5,8-9H2,1H3,(H,18,20). The van der Waals surface area contributed by atoms with Crippen LogP contribution in [0.1, 0.15) is 0 Å². The number of amides is 1. The molecule has 1 fully saturated rings. The summed E-state index contributed by atoms with van der Waals surface area (Å²) in [6.45, 7) is 2.22. The summed E-state index contributed by atoms with van der Waals surface area (Å²) in [6.07, 6.45) is 0. The van der Waals surface area contributed by atoms with Crippen LogP contribution < -0.4 is 15.4 Å². The third-order valence-corrected chi connectivity index (χ3v) is 3.58. The fourth-order valence-corrected chi connectivity index (χ4v) is 2.45. The highest BCUT2D eigenvalue weighted by Crippen LogP contribution is 2.27. The zero-order valence-corrected chi connectivity index (χ0v) is 12.5. The molecular weight excluding hydrogens is 292 g/mol. The third-order valence-electron chi connectivity index (χ3n) is 3.29. The van der Waals surface area contributed by atoms with Gasteiger partial charge in [0.2, 0.25) is 5.91 Å². The van der Waals surface area contributed by atoms with Gasteiger partial charge in [0.05, 0.1) is 24.7 Å². The molecule has 2 rings (SSSR count). The van der Waals surface area contributed by atoms with E-state index in [1.54, 1.807) is 18.2 Å². The Balaban J connectivity index is 1.95. The summed E-state index contributed by atoms with van der Waals surface area (Å²) in [5.74, 6) is 0.389. The molecule has 1 amide bonds. The molecule has 2 N–H and O–H groups in total. The highest BCUT2D eigenvalue weighted by Gasteiger charge is 2.23. The summed E-state index contributed by atoms with van der Waals surface area (Å²) in [4.78, 5) is 13.9. The first-order valence-corrected chi connectivity index (χ1v) is 6.99. The fourth-order valence-electron chi connectivity index (χ4n) is 2.19. The summed E-state index contributed by atoms with van der Waals surface area (Å²) in [5.41, 5.74) is 0.606. The Labute approximate surface area is 128 Å². The second-order valence-corrected chi connectivity index (χ2v) is 5.12. The number of carbonyl (C=O) groups is 1. The molecule has 0 bridgehead atoms. The van der Waals surface area contributed by atoms with E-state index in [0.717, 1.165) is 6.54 Å². The number of nitriles is 1. The molecule has 1 saturated heterocycles. The maximum absolute atomic E-state index is 12.1. The first-order valence-electron chi connectivity index (χ1n) is 6.62. The van der Waals surface area contributed by atoms with Crippen molar-refractivity contribution in [2.45, 2.75) is 6.04 Å². The van der Waals surface area contributed by atoms with Crippen molar-refractivity contribution in [1.82, 2.24) is 10.2 Å². The van der Waals surface area contributed by atoms with Gasteiger partial charge in [0, 0.05) is 25.3 Å². The van der Waals surface area contributed by atoms with Gasteiger partial charge in [-0.15, -0.1) is 0 Å².